The topological polar surface area (TPSA) is 273 Å². The summed E-state index contributed by atoms with van der Waals surface area (Å²) in [6.45, 7) is 0. The standard InChI is InChI=1S/C22H19N7O13S2.2Na.2H/c1-41-17-8-15(28(31)32)19(43(35,36)37)10-13(17)26-24-21(22(30)23-12-6-4-3-5-7-12)25-27(26)14-11-20(44(38,39)40)16(29(33)34)9-18(14)42-2;;;;/h3-11H,1-2H3,(H,23,30)(H,24,25)(H,35,36,37)(H,38,39,40);;;;/q;2*+1;2*-1. The quantitative estimate of drug-likeness (QED) is 0.0678. The number of amidine groups is 1. The number of para-hydroxylation sites is 1. The van der Waals surface area contributed by atoms with Crippen molar-refractivity contribution in [3.63, 3.8) is 0 Å². The molecule has 46 heavy (non-hydrogen) atoms. The number of benzene rings is 3. The summed E-state index contributed by atoms with van der Waals surface area (Å²) >= 11 is 0. The Morgan fingerprint density at radius 2 is 1.33 bits per heavy atom. The molecule has 1 aliphatic rings. The molecular weight excluding hydrogens is 680 g/mol. The molecule has 0 saturated carbocycles. The second kappa shape index (κ2) is 14.9. The fourth-order valence-corrected chi connectivity index (χ4v) is 5.18. The molecule has 0 aromatic heterocycles. The van der Waals surface area contributed by atoms with Crippen LogP contribution < -0.4 is 89.6 Å². The van der Waals surface area contributed by atoms with E-state index in [4.69, 9.17) is 9.47 Å². The molecule has 1 aliphatic heterocycles. The molecular formula is C22H21N7Na2O13S2. The van der Waals surface area contributed by atoms with Crippen LogP contribution in [0.1, 0.15) is 2.85 Å². The van der Waals surface area contributed by atoms with E-state index in [1.165, 1.54) is 12.1 Å². The first kappa shape index (κ1) is 38.6. The molecule has 236 valence electrons. The third-order valence-corrected chi connectivity index (χ3v) is 7.52. The van der Waals surface area contributed by atoms with Crippen LogP contribution in [0.4, 0.5) is 28.4 Å². The number of amides is 1. The van der Waals surface area contributed by atoms with Gasteiger partial charge in [0.05, 0.1) is 36.2 Å². The van der Waals surface area contributed by atoms with Crippen LogP contribution in [0.15, 0.2) is 69.5 Å². The van der Waals surface area contributed by atoms with E-state index in [0.29, 0.717) is 35.1 Å². The largest absolute Gasteiger partial charge is 1.00 e. The first-order valence-electron chi connectivity index (χ1n) is 11.6. The summed E-state index contributed by atoms with van der Waals surface area (Å²) in [5.41, 5.74) is -0.354. The fourth-order valence-electron chi connectivity index (χ4n) is 3.87. The summed E-state index contributed by atoms with van der Waals surface area (Å²) in [6.07, 6.45) is 0. The fraction of sp³-hybridized carbons (Fsp3) is 0.0909. The van der Waals surface area contributed by atoms with E-state index in [1.807, 2.05) is 0 Å². The van der Waals surface area contributed by atoms with Crippen molar-refractivity contribution in [2.24, 2.45) is 5.10 Å². The Labute approximate surface area is 306 Å². The predicted octanol–water partition coefficient (Wildman–Crippen LogP) is -4.05. The van der Waals surface area contributed by atoms with Crippen LogP contribution in [0.25, 0.3) is 0 Å². The average molecular weight is 702 g/mol. The zero-order valence-corrected chi connectivity index (χ0v) is 29.8. The molecule has 0 aliphatic carbocycles. The van der Waals surface area contributed by atoms with Crippen LogP contribution in [0.2, 0.25) is 0 Å². The Balaban J connectivity index is 0.00000552. The van der Waals surface area contributed by atoms with Gasteiger partial charge >= 0.3 is 79.4 Å². The van der Waals surface area contributed by atoms with Crippen LogP contribution in [-0.2, 0) is 25.0 Å². The van der Waals surface area contributed by atoms with E-state index in [-0.39, 0.29) is 62.0 Å². The number of nitro benzene ring substituents is 2. The maximum atomic E-state index is 13.1. The molecule has 4 N–H and O–H groups in total. The third-order valence-electron chi connectivity index (χ3n) is 5.76. The SMILES string of the molecule is COc1cc([N+](=O)[O-])c(S(=O)(=O)O)cc1N1N=C(C(=O)Nc2ccccc2)NN1c1cc(S(=O)(=O)O)c([N+](=O)[O-])cc1OC.[H-].[H-].[Na+].[Na+]. The van der Waals surface area contributed by atoms with Crippen molar-refractivity contribution >= 4 is 60.4 Å². The van der Waals surface area contributed by atoms with Gasteiger partial charge in [-0.05, 0) is 24.3 Å². The van der Waals surface area contributed by atoms with Crippen LogP contribution in [0.3, 0.4) is 0 Å². The van der Waals surface area contributed by atoms with Gasteiger partial charge in [-0.3, -0.25) is 39.6 Å². The van der Waals surface area contributed by atoms with Crippen LogP contribution >= 0.6 is 0 Å². The number of ether oxygens (including phenoxy) is 2. The van der Waals surface area contributed by atoms with Gasteiger partial charge in [-0.25, -0.2) is 0 Å². The Morgan fingerprint density at radius 1 is 0.870 bits per heavy atom. The molecule has 3 aromatic rings. The van der Waals surface area contributed by atoms with E-state index in [9.17, 15) is 51.0 Å². The van der Waals surface area contributed by atoms with Crippen molar-refractivity contribution in [3.05, 3.63) is 74.8 Å². The van der Waals surface area contributed by atoms with Gasteiger partial charge in [-0.1, -0.05) is 18.2 Å². The number of hydrogen-bond donors (Lipinski definition) is 4. The number of anilines is 3. The number of hydrazine groups is 2. The normalized spacial score (nSPS) is 12.6. The molecule has 20 nitrogen and oxygen atoms in total. The number of hydrogen-bond acceptors (Lipinski definition) is 15. The van der Waals surface area contributed by atoms with Crippen molar-refractivity contribution < 1.29 is 112 Å². The Hall–Kier alpha value is -3.58. The molecule has 0 unspecified atom stereocenters. The van der Waals surface area contributed by atoms with Gasteiger partial charge in [0.2, 0.25) is 5.84 Å². The van der Waals surface area contributed by atoms with Gasteiger partial charge in [0.1, 0.15) is 11.4 Å². The number of nitro groups is 2. The number of rotatable bonds is 10. The molecule has 1 amide bonds. The van der Waals surface area contributed by atoms with E-state index in [1.54, 1.807) is 18.2 Å². The number of carbonyl (C=O) groups is 1. The smallest absolute Gasteiger partial charge is 1.00 e. The summed E-state index contributed by atoms with van der Waals surface area (Å²) in [7, 11) is -8.44. The van der Waals surface area contributed by atoms with Crippen LogP contribution in [-0.4, -0.2) is 61.8 Å². The van der Waals surface area contributed by atoms with Crippen molar-refractivity contribution in [3.8, 4) is 11.5 Å². The van der Waals surface area contributed by atoms with Gasteiger partial charge in [0.25, 0.3) is 17.3 Å². The van der Waals surface area contributed by atoms with Gasteiger partial charge in [0.15, 0.2) is 21.3 Å². The second-order valence-corrected chi connectivity index (χ2v) is 11.2. The summed E-state index contributed by atoms with van der Waals surface area (Å²) in [5.74, 6) is -2.36. The van der Waals surface area contributed by atoms with Gasteiger partial charge in [-0.15, -0.1) is 10.2 Å². The predicted molar refractivity (Wildman–Crippen MR) is 152 cm³/mol. The van der Waals surface area contributed by atoms with Crippen LogP contribution in [0.5, 0.6) is 11.5 Å². The van der Waals surface area contributed by atoms with Gasteiger partial charge < -0.3 is 17.6 Å². The molecule has 1 heterocycles. The zero-order valence-electron chi connectivity index (χ0n) is 26.1. The molecule has 0 bridgehead atoms. The molecule has 3 aromatic carbocycles. The van der Waals surface area contributed by atoms with Crippen molar-refractivity contribution in [1.29, 1.82) is 0 Å². The van der Waals surface area contributed by atoms with E-state index in [2.05, 4.69) is 15.8 Å². The molecule has 4 rings (SSSR count). The number of nitrogens with zero attached hydrogens (tertiary/aromatic N) is 5. The Kier molecular flexibility index (Phi) is 12.5. The van der Waals surface area contributed by atoms with E-state index >= 15 is 0 Å². The van der Waals surface area contributed by atoms with Crippen molar-refractivity contribution in [2.75, 3.05) is 29.8 Å². The van der Waals surface area contributed by atoms with Gasteiger partial charge in [0, 0.05) is 5.69 Å². The molecule has 0 radical (unpaired) electrons. The van der Waals surface area contributed by atoms with E-state index < -0.39 is 85.9 Å². The number of methoxy groups -OCH3 is 2. The molecule has 24 heteroatoms. The molecule has 0 saturated heterocycles. The first-order valence-corrected chi connectivity index (χ1v) is 14.4. The maximum Gasteiger partial charge on any atom is 1.00 e. The third kappa shape index (κ3) is 8.03. The number of hydrazone groups is 1. The van der Waals surface area contributed by atoms with E-state index in [0.717, 1.165) is 19.3 Å². The van der Waals surface area contributed by atoms with Crippen molar-refractivity contribution in [1.82, 2.24) is 5.43 Å². The molecule has 0 spiro atoms. The summed E-state index contributed by atoms with van der Waals surface area (Å²) in [6, 6.07) is 10.4. The summed E-state index contributed by atoms with van der Waals surface area (Å²) < 4.78 is 78.2. The number of carbonyl (C=O) groups excluding carboxylic acids is 1. The minimum atomic E-state index is -5.26. The summed E-state index contributed by atoms with van der Waals surface area (Å²) in [5, 5.41) is 31.1. The van der Waals surface area contributed by atoms with Gasteiger partial charge in [-0.2, -0.15) is 22.0 Å². The maximum absolute atomic E-state index is 13.1. The van der Waals surface area contributed by atoms with Crippen LogP contribution in [0, 0.1) is 20.2 Å². The second-order valence-electron chi connectivity index (χ2n) is 8.43. The monoisotopic (exact) mass is 701 g/mol. The molecule has 0 fully saturated rings. The Bertz CT molecular complexity index is 1960. The zero-order chi connectivity index (χ0) is 32.6. The summed E-state index contributed by atoms with van der Waals surface area (Å²) in [4.78, 5) is 31.6. The Morgan fingerprint density at radius 3 is 1.76 bits per heavy atom. The average Bonchev–Trinajstić information content (AvgIpc) is 3.40. The minimum Gasteiger partial charge on any atom is -1.00 e. The number of nitrogens with one attached hydrogen (secondary N) is 2. The van der Waals surface area contributed by atoms with Crippen molar-refractivity contribution in [2.45, 2.75) is 9.79 Å². The first-order chi connectivity index (χ1) is 20.6. The molecule has 0 atom stereocenters. The minimum absolute atomic E-state index is 0.